The summed E-state index contributed by atoms with van der Waals surface area (Å²) in [4.78, 5) is 27.1. The van der Waals surface area contributed by atoms with Gasteiger partial charge in [-0.2, -0.15) is 0 Å². The van der Waals surface area contributed by atoms with Crippen LogP contribution in [-0.2, 0) is 9.63 Å². The van der Waals surface area contributed by atoms with E-state index in [1.807, 2.05) is 6.92 Å². The highest BCUT2D eigenvalue weighted by Crippen LogP contribution is 2.08. The van der Waals surface area contributed by atoms with Gasteiger partial charge in [0.05, 0.1) is 6.61 Å². The van der Waals surface area contributed by atoms with E-state index in [0.717, 1.165) is 5.06 Å². The van der Waals surface area contributed by atoms with Gasteiger partial charge in [0.1, 0.15) is 6.04 Å². The van der Waals surface area contributed by atoms with Crippen LogP contribution in [-0.4, -0.2) is 29.7 Å². The molecule has 3 amide bonds. The van der Waals surface area contributed by atoms with Crippen LogP contribution in [0, 0.1) is 0 Å². The summed E-state index contributed by atoms with van der Waals surface area (Å²) in [5.41, 5.74) is 0. The molecule has 1 heterocycles. The Bertz CT molecular complexity index is 205. The van der Waals surface area contributed by atoms with E-state index >= 15 is 0 Å². The normalized spacial score (nSPS) is 23.2. The second-order valence-corrected chi connectivity index (χ2v) is 2.46. The lowest BCUT2D eigenvalue weighted by Crippen LogP contribution is -2.31. The van der Waals surface area contributed by atoms with Gasteiger partial charge in [0.15, 0.2) is 0 Å². The molecule has 0 aromatic heterocycles. The van der Waals surface area contributed by atoms with Gasteiger partial charge in [-0.15, -0.1) is 5.06 Å². The molecule has 5 nitrogen and oxygen atoms in total. The van der Waals surface area contributed by atoms with Crippen molar-refractivity contribution in [1.29, 1.82) is 0 Å². The van der Waals surface area contributed by atoms with Gasteiger partial charge in [0.25, 0.3) is 5.91 Å². The second kappa shape index (κ2) is 3.53. The summed E-state index contributed by atoms with van der Waals surface area (Å²) in [6.45, 7) is 3.87. The summed E-state index contributed by atoms with van der Waals surface area (Å²) in [6, 6.07) is -0.877. The van der Waals surface area contributed by atoms with Gasteiger partial charge in [0, 0.05) is 0 Å². The minimum absolute atomic E-state index is 0.302. The Morgan fingerprint density at radius 2 is 2.17 bits per heavy atom. The molecule has 1 aliphatic rings. The number of hydrogen-bond acceptors (Lipinski definition) is 3. The lowest BCUT2D eigenvalue weighted by molar-refractivity contribution is -0.162. The standard InChI is InChI=1S/C7H12N2O3/c1-3-5-6(10)9(12-4-2)7(11)8-5/h5H,3-4H2,1-2H3,(H,8,11). The molecule has 0 aromatic carbocycles. The molecule has 1 atom stereocenters. The number of imide groups is 1. The maximum atomic E-state index is 11.3. The van der Waals surface area contributed by atoms with E-state index in [1.165, 1.54) is 0 Å². The first-order chi connectivity index (χ1) is 5.70. The number of nitrogens with one attached hydrogen (secondary N) is 1. The predicted octanol–water partition coefficient (Wildman–Crippen LogP) is 0.268. The van der Waals surface area contributed by atoms with Crippen LogP contribution in [0.5, 0.6) is 0 Å². The zero-order valence-electron chi connectivity index (χ0n) is 7.16. The minimum atomic E-state index is -0.464. The van der Waals surface area contributed by atoms with Crippen molar-refractivity contribution >= 4 is 11.9 Å². The Morgan fingerprint density at radius 3 is 2.58 bits per heavy atom. The number of carbonyl (C=O) groups excluding carboxylic acids is 2. The van der Waals surface area contributed by atoms with E-state index in [0.29, 0.717) is 13.0 Å². The van der Waals surface area contributed by atoms with Gasteiger partial charge in [-0.25, -0.2) is 4.79 Å². The fourth-order valence-corrected chi connectivity index (χ4v) is 1.04. The van der Waals surface area contributed by atoms with E-state index in [9.17, 15) is 9.59 Å². The van der Waals surface area contributed by atoms with Crippen LogP contribution in [0.25, 0.3) is 0 Å². The van der Waals surface area contributed by atoms with Crippen molar-refractivity contribution in [2.24, 2.45) is 0 Å². The van der Waals surface area contributed by atoms with Crippen molar-refractivity contribution in [1.82, 2.24) is 10.4 Å². The van der Waals surface area contributed by atoms with Crippen LogP contribution in [0.2, 0.25) is 0 Å². The fourth-order valence-electron chi connectivity index (χ4n) is 1.04. The molecule has 5 heteroatoms. The molecule has 0 radical (unpaired) electrons. The molecule has 12 heavy (non-hydrogen) atoms. The Hall–Kier alpha value is -1.10. The third-order valence-electron chi connectivity index (χ3n) is 1.65. The highest BCUT2D eigenvalue weighted by Gasteiger charge is 2.37. The third kappa shape index (κ3) is 1.40. The van der Waals surface area contributed by atoms with Gasteiger partial charge in [-0.1, -0.05) is 6.92 Å². The Balaban J connectivity index is 2.64. The summed E-state index contributed by atoms with van der Waals surface area (Å²) >= 11 is 0. The number of carbonyl (C=O) groups is 2. The first-order valence-corrected chi connectivity index (χ1v) is 3.98. The number of rotatable bonds is 3. The van der Waals surface area contributed by atoms with Crippen LogP contribution in [0.15, 0.2) is 0 Å². The van der Waals surface area contributed by atoms with Crippen molar-refractivity contribution in [3.63, 3.8) is 0 Å². The lowest BCUT2D eigenvalue weighted by atomic mass is 10.2. The molecule has 68 valence electrons. The van der Waals surface area contributed by atoms with Crippen LogP contribution < -0.4 is 5.32 Å². The smallest absolute Gasteiger partial charge is 0.324 e. The molecule has 0 saturated carbocycles. The van der Waals surface area contributed by atoms with Crippen LogP contribution in [0.4, 0.5) is 4.79 Å². The van der Waals surface area contributed by atoms with Crippen molar-refractivity contribution in [3.8, 4) is 0 Å². The van der Waals surface area contributed by atoms with Crippen LogP contribution >= 0.6 is 0 Å². The molecule has 1 N–H and O–H groups in total. The van der Waals surface area contributed by atoms with Gasteiger partial charge < -0.3 is 5.32 Å². The fraction of sp³-hybridized carbons (Fsp3) is 0.714. The van der Waals surface area contributed by atoms with Crippen molar-refractivity contribution in [3.05, 3.63) is 0 Å². The third-order valence-corrected chi connectivity index (χ3v) is 1.65. The summed E-state index contributed by atoms with van der Waals surface area (Å²) in [5, 5.41) is 3.29. The van der Waals surface area contributed by atoms with Crippen molar-refractivity contribution in [2.45, 2.75) is 26.3 Å². The SMILES string of the molecule is CCON1C(=O)NC(CC)C1=O. The lowest BCUT2D eigenvalue weighted by Gasteiger charge is -2.09. The largest absolute Gasteiger partial charge is 0.349 e. The number of hydroxylamine groups is 2. The van der Waals surface area contributed by atoms with Gasteiger partial charge >= 0.3 is 6.03 Å². The maximum absolute atomic E-state index is 11.3. The summed E-state index contributed by atoms with van der Waals surface area (Å²) < 4.78 is 0. The molecule has 1 aliphatic heterocycles. The second-order valence-electron chi connectivity index (χ2n) is 2.46. The highest BCUT2D eigenvalue weighted by molar-refractivity contribution is 6.02. The van der Waals surface area contributed by atoms with Gasteiger partial charge in [-0.3, -0.25) is 9.63 Å². The van der Waals surface area contributed by atoms with E-state index in [-0.39, 0.29) is 5.91 Å². The van der Waals surface area contributed by atoms with E-state index in [2.05, 4.69) is 5.32 Å². The maximum Gasteiger partial charge on any atom is 0.349 e. The molecule has 0 aromatic rings. The molecule has 0 spiro atoms. The van der Waals surface area contributed by atoms with E-state index in [4.69, 9.17) is 4.84 Å². The average molecular weight is 172 g/mol. The zero-order chi connectivity index (χ0) is 9.14. The number of urea groups is 1. The van der Waals surface area contributed by atoms with Crippen molar-refractivity contribution in [2.75, 3.05) is 6.61 Å². The van der Waals surface area contributed by atoms with E-state index < -0.39 is 12.1 Å². The topological polar surface area (TPSA) is 58.6 Å². The average Bonchev–Trinajstić information content (AvgIpc) is 2.32. The number of amides is 3. The quantitative estimate of drug-likeness (QED) is 0.621. The van der Waals surface area contributed by atoms with E-state index in [1.54, 1.807) is 6.92 Å². The Morgan fingerprint density at radius 1 is 1.50 bits per heavy atom. The molecule has 0 bridgehead atoms. The monoisotopic (exact) mass is 172 g/mol. The minimum Gasteiger partial charge on any atom is -0.324 e. The molecular formula is C7H12N2O3. The Kier molecular flexibility index (Phi) is 2.65. The predicted molar refractivity (Wildman–Crippen MR) is 41.1 cm³/mol. The van der Waals surface area contributed by atoms with Crippen LogP contribution in [0.1, 0.15) is 20.3 Å². The van der Waals surface area contributed by atoms with Gasteiger partial charge in [0.2, 0.25) is 0 Å². The summed E-state index contributed by atoms with van der Waals surface area (Å²) in [5.74, 6) is -0.302. The Labute approximate surface area is 70.6 Å². The zero-order valence-corrected chi connectivity index (χ0v) is 7.16. The molecule has 1 unspecified atom stereocenters. The number of hydrogen-bond donors (Lipinski definition) is 1. The summed E-state index contributed by atoms with van der Waals surface area (Å²) in [7, 11) is 0. The highest BCUT2D eigenvalue weighted by atomic mass is 16.7. The summed E-state index contributed by atoms with van der Waals surface area (Å²) in [6.07, 6.45) is 0.591. The molecule has 1 rings (SSSR count). The first-order valence-electron chi connectivity index (χ1n) is 3.98. The molecule has 1 saturated heterocycles. The number of nitrogens with zero attached hydrogens (tertiary/aromatic N) is 1. The molecular weight excluding hydrogens is 160 g/mol. The first kappa shape index (κ1) is 8.99. The molecule has 1 fully saturated rings. The molecule has 0 aliphatic carbocycles. The van der Waals surface area contributed by atoms with Crippen LogP contribution in [0.3, 0.4) is 0 Å². The van der Waals surface area contributed by atoms with Gasteiger partial charge in [-0.05, 0) is 13.3 Å². The van der Waals surface area contributed by atoms with Crippen molar-refractivity contribution < 1.29 is 14.4 Å².